The molecule has 0 aromatic rings. The van der Waals surface area contributed by atoms with Crippen LogP contribution in [0.3, 0.4) is 0 Å². The van der Waals surface area contributed by atoms with E-state index in [2.05, 4.69) is 27.7 Å². The molecule has 0 amide bonds. The van der Waals surface area contributed by atoms with Crippen LogP contribution in [0.5, 0.6) is 0 Å². The largest absolute Gasteiger partial charge is 0.390 e. The van der Waals surface area contributed by atoms with Crippen LogP contribution < -0.4 is 0 Å². The van der Waals surface area contributed by atoms with E-state index in [0.717, 1.165) is 61.7 Å². The Balaban J connectivity index is 1.43. The maximum absolute atomic E-state index is 10.8. The molecule has 0 heterocycles. The van der Waals surface area contributed by atoms with Gasteiger partial charge in [0, 0.05) is 13.7 Å². The highest BCUT2D eigenvalue weighted by molar-refractivity contribution is 5.10. The van der Waals surface area contributed by atoms with Gasteiger partial charge >= 0.3 is 0 Å². The fraction of sp³-hybridized carbons (Fsp3) is 1.00. The van der Waals surface area contributed by atoms with Gasteiger partial charge in [0.25, 0.3) is 0 Å². The van der Waals surface area contributed by atoms with E-state index in [1.165, 1.54) is 44.9 Å². The summed E-state index contributed by atoms with van der Waals surface area (Å²) in [5.41, 5.74) is -0.0902. The Morgan fingerprint density at radius 2 is 1.66 bits per heavy atom. The molecule has 4 rings (SSSR count). The summed E-state index contributed by atoms with van der Waals surface area (Å²) in [5.74, 6) is 4.89. The number of hydrogen-bond donors (Lipinski definition) is 2. The van der Waals surface area contributed by atoms with Crippen LogP contribution in [-0.2, 0) is 4.74 Å². The van der Waals surface area contributed by atoms with E-state index in [1.54, 1.807) is 7.11 Å². The predicted molar refractivity (Wildman–Crippen MR) is 131 cm³/mol. The standard InChI is InChI=1S/C29H52O3/c1-20(11-13-26(2,30)17-18-32-6)23-9-10-24-22-8-7-21-19-27(3,31)15-16-28(21,4)25(22)12-14-29(23,24)5/h20-25,30-31H,7-19H2,1-6H3/t20-,21+,22+,23-,24+,25+,26-,27+,28+,29-/m1/s1. The molecule has 3 heteroatoms. The SMILES string of the molecule is COCC[C@](C)(O)CC[C@@H](C)[C@H]1CC[C@H]2[C@@H]3CC[C@H]4C[C@@](C)(O)CC[C@]4(C)[C@H]3CC[C@]12C. The molecule has 0 radical (unpaired) electrons. The normalized spacial score (nSPS) is 48.9. The molecule has 4 fully saturated rings. The second-order valence-corrected chi connectivity index (χ2v) is 13.8. The van der Waals surface area contributed by atoms with Crippen LogP contribution in [0.1, 0.15) is 112 Å². The van der Waals surface area contributed by atoms with Crippen LogP contribution in [0.25, 0.3) is 0 Å². The van der Waals surface area contributed by atoms with Crippen LogP contribution in [0.4, 0.5) is 0 Å². The maximum Gasteiger partial charge on any atom is 0.0641 e. The van der Waals surface area contributed by atoms with Gasteiger partial charge in [-0.15, -0.1) is 0 Å². The minimum atomic E-state index is -0.601. The van der Waals surface area contributed by atoms with Crippen molar-refractivity contribution in [3.8, 4) is 0 Å². The lowest BCUT2D eigenvalue weighted by Crippen LogP contribution is -2.55. The number of hydrogen-bond acceptors (Lipinski definition) is 3. The molecule has 4 saturated carbocycles. The van der Waals surface area contributed by atoms with Crippen molar-refractivity contribution < 1.29 is 14.9 Å². The average Bonchev–Trinajstić information content (AvgIpc) is 3.08. The second kappa shape index (κ2) is 8.83. The fourth-order valence-electron chi connectivity index (χ4n) is 9.59. The molecule has 0 aromatic carbocycles. The Hall–Kier alpha value is -0.120. The molecule has 4 aliphatic carbocycles. The van der Waals surface area contributed by atoms with Crippen molar-refractivity contribution in [2.45, 2.75) is 123 Å². The van der Waals surface area contributed by atoms with Crippen LogP contribution in [0.2, 0.25) is 0 Å². The highest BCUT2D eigenvalue weighted by Crippen LogP contribution is 2.68. The van der Waals surface area contributed by atoms with Gasteiger partial charge in [0.05, 0.1) is 11.2 Å². The minimum absolute atomic E-state index is 0.432. The second-order valence-electron chi connectivity index (χ2n) is 13.8. The summed E-state index contributed by atoms with van der Waals surface area (Å²) in [6.07, 6.45) is 14.3. The lowest BCUT2D eigenvalue weighted by atomic mass is 9.43. The van der Waals surface area contributed by atoms with Gasteiger partial charge in [0.1, 0.15) is 0 Å². The van der Waals surface area contributed by atoms with Crippen molar-refractivity contribution in [2.24, 2.45) is 46.3 Å². The van der Waals surface area contributed by atoms with Gasteiger partial charge in [-0.25, -0.2) is 0 Å². The summed E-state index contributed by atoms with van der Waals surface area (Å²) in [6.45, 7) is 12.4. The van der Waals surface area contributed by atoms with Gasteiger partial charge in [0.2, 0.25) is 0 Å². The molecule has 0 aromatic heterocycles. The average molecular weight is 449 g/mol. The van der Waals surface area contributed by atoms with Crippen molar-refractivity contribution in [1.82, 2.24) is 0 Å². The van der Waals surface area contributed by atoms with E-state index >= 15 is 0 Å². The first kappa shape index (κ1) is 25.0. The van der Waals surface area contributed by atoms with Gasteiger partial charge in [-0.05, 0) is 137 Å². The number of rotatable bonds is 7. The van der Waals surface area contributed by atoms with Crippen LogP contribution in [-0.4, -0.2) is 35.1 Å². The zero-order valence-corrected chi connectivity index (χ0v) is 22.0. The molecule has 32 heavy (non-hydrogen) atoms. The molecular weight excluding hydrogens is 396 g/mol. The quantitative estimate of drug-likeness (QED) is 0.461. The minimum Gasteiger partial charge on any atom is -0.390 e. The molecule has 0 aliphatic heterocycles. The van der Waals surface area contributed by atoms with Crippen molar-refractivity contribution in [3.05, 3.63) is 0 Å². The van der Waals surface area contributed by atoms with Gasteiger partial charge in [-0.1, -0.05) is 20.8 Å². The summed E-state index contributed by atoms with van der Waals surface area (Å²) in [4.78, 5) is 0. The van der Waals surface area contributed by atoms with Crippen LogP contribution >= 0.6 is 0 Å². The van der Waals surface area contributed by atoms with E-state index in [0.29, 0.717) is 23.4 Å². The van der Waals surface area contributed by atoms with Crippen molar-refractivity contribution in [3.63, 3.8) is 0 Å². The molecule has 10 atom stereocenters. The highest BCUT2D eigenvalue weighted by Gasteiger charge is 2.61. The topological polar surface area (TPSA) is 49.7 Å². The first-order chi connectivity index (χ1) is 14.9. The number of aliphatic hydroxyl groups is 2. The van der Waals surface area contributed by atoms with Gasteiger partial charge in [-0.2, -0.15) is 0 Å². The maximum atomic E-state index is 10.8. The number of ether oxygens (including phenoxy) is 1. The van der Waals surface area contributed by atoms with Crippen LogP contribution in [0.15, 0.2) is 0 Å². The Labute approximate surface area is 198 Å². The molecule has 0 saturated heterocycles. The van der Waals surface area contributed by atoms with Gasteiger partial charge in [0.15, 0.2) is 0 Å². The molecule has 0 bridgehead atoms. The Kier molecular flexibility index (Phi) is 6.89. The monoisotopic (exact) mass is 448 g/mol. The first-order valence-electron chi connectivity index (χ1n) is 13.9. The van der Waals surface area contributed by atoms with Gasteiger partial charge < -0.3 is 14.9 Å². The Bertz CT molecular complexity index is 657. The summed E-state index contributed by atoms with van der Waals surface area (Å²) >= 11 is 0. The Morgan fingerprint density at radius 1 is 0.938 bits per heavy atom. The lowest BCUT2D eigenvalue weighted by Gasteiger charge is -2.62. The van der Waals surface area contributed by atoms with E-state index in [4.69, 9.17) is 4.74 Å². The molecular formula is C29H52O3. The zero-order chi connectivity index (χ0) is 23.4. The number of fused-ring (bicyclic) bond motifs is 5. The third kappa shape index (κ3) is 4.44. The van der Waals surface area contributed by atoms with Crippen LogP contribution in [0, 0.1) is 46.3 Å². The molecule has 0 spiro atoms. The van der Waals surface area contributed by atoms with E-state index < -0.39 is 11.2 Å². The molecule has 186 valence electrons. The summed E-state index contributed by atoms with van der Waals surface area (Å²) in [6, 6.07) is 0. The zero-order valence-electron chi connectivity index (χ0n) is 22.0. The predicted octanol–water partition coefficient (Wildman–Crippen LogP) is 6.60. The van der Waals surface area contributed by atoms with Gasteiger partial charge in [-0.3, -0.25) is 0 Å². The van der Waals surface area contributed by atoms with E-state index in [1.807, 2.05) is 6.92 Å². The summed E-state index contributed by atoms with van der Waals surface area (Å²) in [7, 11) is 1.72. The van der Waals surface area contributed by atoms with Crippen molar-refractivity contribution in [1.29, 1.82) is 0 Å². The Morgan fingerprint density at radius 3 is 2.38 bits per heavy atom. The van der Waals surface area contributed by atoms with Crippen molar-refractivity contribution in [2.75, 3.05) is 13.7 Å². The number of methoxy groups -OCH3 is 1. The smallest absolute Gasteiger partial charge is 0.0641 e. The fourth-order valence-corrected chi connectivity index (χ4v) is 9.59. The van der Waals surface area contributed by atoms with Crippen molar-refractivity contribution >= 4 is 0 Å². The molecule has 4 aliphatic rings. The third-order valence-corrected chi connectivity index (χ3v) is 11.7. The summed E-state index contributed by atoms with van der Waals surface area (Å²) < 4.78 is 5.20. The first-order valence-corrected chi connectivity index (χ1v) is 13.9. The molecule has 3 nitrogen and oxygen atoms in total. The molecule has 0 unspecified atom stereocenters. The molecule has 2 N–H and O–H groups in total. The summed E-state index contributed by atoms with van der Waals surface area (Å²) in [5, 5.41) is 21.5. The van der Waals surface area contributed by atoms with E-state index in [-0.39, 0.29) is 0 Å². The lowest BCUT2D eigenvalue weighted by molar-refractivity contribution is -0.148. The van der Waals surface area contributed by atoms with E-state index in [9.17, 15) is 10.2 Å². The highest BCUT2D eigenvalue weighted by atomic mass is 16.5. The third-order valence-electron chi connectivity index (χ3n) is 11.7.